The van der Waals surface area contributed by atoms with Crippen molar-refractivity contribution in [2.75, 3.05) is 6.54 Å². The van der Waals surface area contributed by atoms with Crippen LogP contribution < -0.4 is 5.09 Å². The molecule has 2 atom stereocenters. The average Bonchev–Trinajstić information content (AvgIpc) is 2.93. The molecule has 0 saturated heterocycles. The van der Waals surface area contributed by atoms with Crippen molar-refractivity contribution in [3.05, 3.63) is 59.7 Å². The first-order valence-corrected chi connectivity index (χ1v) is 6.69. The van der Waals surface area contributed by atoms with E-state index in [1.54, 1.807) is 18.3 Å². The van der Waals surface area contributed by atoms with Crippen LogP contribution in [0.15, 0.2) is 48.4 Å². The molecule has 106 valence electrons. The van der Waals surface area contributed by atoms with Crippen LogP contribution in [0, 0.1) is 0 Å². The minimum absolute atomic E-state index is 0.000850. The number of nitrogens with one attached hydrogen (secondary N) is 1. The molecule has 2 aromatic rings. The monoisotopic (exact) mass is 294 g/mol. The summed E-state index contributed by atoms with van der Waals surface area (Å²) in [6.45, 7) is 0.422. The molecule has 2 rings (SSSR count). The summed E-state index contributed by atoms with van der Waals surface area (Å²) in [4.78, 5) is 0. The molecule has 0 fully saturated rings. The number of aliphatic hydroxyl groups excluding tert-OH is 1. The lowest BCUT2D eigenvalue weighted by Crippen LogP contribution is -2.02. The highest BCUT2D eigenvalue weighted by Crippen LogP contribution is 2.19. The fourth-order valence-corrected chi connectivity index (χ4v) is 1.83. The Labute approximate surface area is 118 Å². The molecule has 1 aromatic carbocycles. The van der Waals surface area contributed by atoms with Crippen molar-refractivity contribution in [1.82, 2.24) is 20.1 Å². The maximum Gasteiger partial charge on any atom is 0.124 e. The SMILES string of the molecule is OC(c1ccccc1)c1cn(C/C(F)=C/CNP)nn1. The zero-order valence-corrected chi connectivity index (χ0v) is 11.9. The van der Waals surface area contributed by atoms with E-state index in [0.29, 0.717) is 12.2 Å². The van der Waals surface area contributed by atoms with Gasteiger partial charge in [-0.15, -0.1) is 5.10 Å². The van der Waals surface area contributed by atoms with E-state index in [1.807, 2.05) is 18.2 Å². The van der Waals surface area contributed by atoms with E-state index >= 15 is 0 Å². The largest absolute Gasteiger partial charge is 0.382 e. The zero-order chi connectivity index (χ0) is 14.4. The van der Waals surface area contributed by atoms with E-state index < -0.39 is 6.10 Å². The summed E-state index contributed by atoms with van der Waals surface area (Å²) in [6, 6.07) is 9.14. The number of benzene rings is 1. The Bertz CT molecular complexity index is 573. The molecule has 0 amide bonds. The fourth-order valence-electron chi connectivity index (χ4n) is 1.71. The van der Waals surface area contributed by atoms with Crippen LogP contribution in [0.3, 0.4) is 0 Å². The van der Waals surface area contributed by atoms with Crippen molar-refractivity contribution in [3.8, 4) is 0 Å². The van der Waals surface area contributed by atoms with E-state index in [9.17, 15) is 9.50 Å². The molecular formula is C13H16FN4OP. The van der Waals surface area contributed by atoms with Crippen LogP contribution in [0.4, 0.5) is 4.39 Å². The minimum Gasteiger partial charge on any atom is -0.382 e. The smallest absolute Gasteiger partial charge is 0.124 e. The van der Waals surface area contributed by atoms with Crippen molar-refractivity contribution in [2.45, 2.75) is 12.6 Å². The van der Waals surface area contributed by atoms with Gasteiger partial charge in [0.05, 0.1) is 12.7 Å². The molecule has 1 aromatic heterocycles. The van der Waals surface area contributed by atoms with E-state index in [0.717, 1.165) is 5.56 Å². The number of aromatic nitrogens is 3. The summed E-state index contributed by atoms with van der Waals surface area (Å²) < 4.78 is 14.8. The van der Waals surface area contributed by atoms with Crippen LogP contribution in [0.1, 0.15) is 17.4 Å². The van der Waals surface area contributed by atoms with Gasteiger partial charge in [-0.1, -0.05) is 44.9 Å². The normalized spacial score (nSPS) is 13.4. The highest BCUT2D eigenvalue weighted by molar-refractivity contribution is 7.13. The van der Waals surface area contributed by atoms with E-state index in [4.69, 9.17) is 0 Å². The first-order chi connectivity index (χ1) is 9.70. The van der Waals surface area contributed by atoms with E-state index in [2.05, 4.69) is 24.8 Å². The quantitative estimate of drug-likeness (QED) is 0.794. The van der Waals surface area contributed by atoms with Crippen LogP contribution in [-0.2, 0) is 6.54 Å². The van der Waals surface area contributed by atoms with E-state index in [1.165, 1.54) is 10.8 Å². The van der Waals surface area contributed by atoms with Crippen molar-refractivity contribution >= 4 is 9.39 Å². The number of rotatable bonds is 6. The molecule has 5 nitrogen and oxygen atoms in total. The zero-order valence-electron chi connectivity index (χ0n) is 10.8. The summed E-state index contributed by atoms with van der Waals surface area (Å²) in [5.74, 6) is -0.314. The molecule has 2 N–H and O–H groups in total. The molecule has 1 heterocycles. The van der Waals surface area contributed by atoms with Gasteiger partial charge in [0.1, 0.15) is 17.6 Å². The lowest BCUT2D eigenvalue weighted by atomic mass is 10.1. The van der Waals surface area contributed by atoms with Crippen molar-refractivity contribution in [3.63, 3.8) is 0 Å². The summed E-state index contributed by atoms with van der Waals surface area (Å²) >= 11 is 0. The molecule has 0 bridgehead atoms. The Balaban J connectivity index is 2.05. The lowest BCUT2D eigenvalue weighted by Gasteiger charge is -2.06. The lowest BCUT2D eigenvalue weighted by molar-refractivity contribution is 0.215. The topological polar surface area (TPSA) is 63.0 Å². The molecule has 7 heteroatoms. The average molecular weight is 294 g/mol. The molecule has 2 unspecified atom stereocenters. The Morgan fingerprint density at radius 3 is 2.90 bits per heavy atom. The summed E-state index contributed by atoms with van der Waals surface area (Å²) in [6.07, 6.45) is 2.10. The summed E-state index contributed by atoms with van der Waals surface area (Å²) in [5, 5.41) is 20.6. The number of hydrogen-bond acceptors (Lipinski definition) is 4. The molecule has 20 heavy (non-hydrogen) atoms. The van der Waals surface area contributed by atoms with Gasteiger partial charge in [0.2, 0.25) is 0 Å². The van der Waals surface area contributed by atoms with Gasteiger partial charge in [-0.25, -0.2) is 9.07 Å². The molecule has 0 saturated carbocycles. The first-order valence-electron chi connectivity index (χ1n) is 6.11. The third-order valence-electron chi connectivity index (χ3n) is 2.71. The Morgan fingerprint density at radius 2 is 2.20 bits per heavy atom. The summed E-state index contributed by atoms with van der Waals surface area (Å²) in [5.41, 5.74) is 1.12. The van der Waals surface area contributed by atoms with Gasteiger partial charge in [-0.3, -0.25) is 5.09 Å². The van der Waals surface area contributed by atoms with Crippen molar-refractivity contribution in [2.24, 2.45) is 0 Å². The van der Waals surface area contributed by atoms with Crippen LogP contribution >= 0.6 is 9.39 Å². The van der Waals surface area contributed by atoms with Gasteiger partial charge in [0, 0.05) is 6.54 Å². The number of hydrogen-bond donors (Lipinski definition) is 2. The van der Waals surface area contributed by atoms with Gasteiger partial charge in [0.25, 0.3) is 0 Å². The number of nitrogens with zero attached hydrogens (tertiary/aromatic N) is 3. The predicted octanol–water partition coefficient (Wildman–Crippen LogP) is 1.59. The highest BCUT2D eigenvalue weighted by atomic mass is 31.0. The number of aliphatic hydroxyl groups is 1. The van der Waals surface area contributed by atoms with Crippen LogP contribution in [0.25, 0.3) is 0 Å². The van der Waals surface area contributed by atoms with E-state index in [-0.39, 0.29) is 12.4 Å². The maximum atomic E-state index is 13.5. The standard InChI is InChI=1S/C13H16FN4OP/c14-11(6-7-15-20)8-18-9-12(16-17-18)13(19)10-4-2-1-3-5-10/h1-6,9,13,15,19H,7-8,20H2/b11-6-. The highest BCUT2D eigenvalue weighted by Gasteiger charge is 2.14. The first kappa shape index (κ1) is 14.8. The number of allylic oxidation sites excluding steroid dienone is 1. The summed E-state index contributed by atoms with van der Waals surface area (Å²) in [7, 11) is 2.29. The van der Waals surface area contributed by atoms with Gasteiger partial charge >= 0.3 is 0 Å². The molecule has 0 aliphatic carbocycles. The second-order valence-electron chi connectivity index (χ2n) is 4.21. The van der Waals surface area contributed by atoms with Crippen LogP contribution in [0.2, 0.25) is 0 Å². The second kappa shape index (κ2) is 7.24. The molecule has 0 radical (unpaired) electrons. The predicted molar refractivity (Wildman–Crippen MR) is 77.4 cm³/mol. The van der Waals surface area contributed by atoms with Crippen LogP contribution in [-0.4, -0.2) is 26.6 Å². The second-order valence-corrected chi connectivity index (χ2v) is 4.62. The van der Waals surface area contributed by atoms with Gasteiger partial charge in [0.15, 0.2) is 0 Å². The number of halogens is 1. The van der Waals surface area contributed by atoms with Gasteiger partial charge in [-0.2, -0.15) is 0 Å². The Morgan fingerprint density at radius 1 is 1.45 bits per heavy atom. The fraction of sp³-hybridized carbons (Fsp3) is 0.231. The molecule has 0 aliphatic heterocycles. The maximum absolute atomic E-state index is 13.5. The van der Waals surface area contributed by atoms with Crippen LogP contribution in [0.5, 0.6) is 0 Å². The van der Waals surface area contributed by atoms with Crippen molar-refractivity contribution < 1.29 is 9.50 Å². The molecular weight excluding hydrogens is 278 g/mol. The molecule has 0 aliphatic rings. The Hall–Kier alpha value is -1.62. The minimum atomic E-state index is -0.856. The Kier molecular flexibility index (Phi) is 5.35. The third-order valence-corrected chi connectivity index (χ3v) is 2.94. The van der Waals surface area contributed by atoms with Gasteiger partial charge < -0.3 is 5.11 Å². The van der Waals surface area contributed by atoms with Crippen molar-refractivity contribution in [1.29, 1.82) is 0 Å². The molecule has 0 spiro atoms. The van der Waals surface area contributed by atoms with Gasteiger partial charge in [-0.05, 0) is 11.6 Å². The third kappa shape index (κ3) is 3.93.